The minimum atomic E-state index is 0.0245. The summed E-state index contributed by atoms with van der Waals surface area (Å²) in [4.78, 5) is 15.5. The average Bonchev–Trinajstić information content (AvgIpc) is 2.62. The maximum Gasteiger partial charge on any atom is 0.162 e. The topological polar surface area (TPSA) is 20.3 Å². The fraction of sp³-hybridized carbons (Fsp3) is 0.550. The lowest BCUT2D eigenvalue weighted by molar-refractivity contribution is -0.116. The highest BCUT2D eigenvalue weighted by Gasteiger charge is 2.51. The third-order valence-corrected chi connectivity index (χ3v) is 9.31. The van der Waals surface area contributed by atoms with Crippen molar-refractivity contribution in [2.75, 3.05) is 18.1 Å². The molecular weight excluding hydrogens is 334 g/mol. The van der Waals surface area contributed by atoms with Crippen molar-refractivity contribution in [2.24, 2.45) is 0 Å². The van der Waals surface area contributed by atoms with Crippen LogP contribution >= 0.6 is 23.5 Å². The largest absolute Gasteiger partial charge is 0.367 e. The third kappa shape index (κ3) is 2.22. The monoisotopic (exact) mass is 357 g/mol. The maximum atomic E-state index is 12.9. The SMILES string of the molecule is O=C1CCCC2=C1C1(C[C@@H]3c4ccccc4CCN23)SCCCS1. The molecular formula is C20H23NOS2. The molecule has 1 aliphatic carbocycles. The van der Waals surface area contributed by atoms with E-state index in [1.54, 1.807) is 0 Å². The van der Waals surface area contributed by atoms with Gasteiger partial charge in [-0.2, -0.15) is 0 Å². The number of carbonyl (C=O) groups is 1. The van der Waals surface area contributed by atoms with Crippen LogP contribution in [-0.2, 0) is 11.2 Å². The number of allylic oxidation sites excluding steroid dienone is 1. The molecule has 1 spiro atoms. The van der Waals surface area contributed by atoms with Gasteiger partial charge in [0.25, 0.3) is 0 Å². The van der Waals surface area contributed by atoms with Gasteiger partial charge in [0.15, 0.2) is 5.78 Å². The number of benzene rings is 1. The van der Waals surface area contributed by atoms with Crippen molar-refractivity contribution >= 4 is 29.3 Å². The lowest BCUT2D eigenvalue weighted by Gasteiger charge is -2.53. The van der Waals surface area contributed by atoms with Gasteiger partial charge in [0.05, 0.1) is 10.1 Å². The van der Waals surface area contributed by atoms with Crippen molar-refractivity contribution in [3.8, 4) is 0 Å². The number of carbonyl (C=O) groups excluding carboxylic acids is 1. The Hall–Kier alpha value is -0.870. The first kappa shape index (κ1) is 15.4. The van der Waals surface area contributed by atoms with E-state index in [9.17, 15) is 4.79 Å². The van der Waals surface area contributed by atoms with Gasteiger partial charge in [0.2, 0.25) is 0 Å². The summed E-state index contributed by atoms with van der Waals surface area (Å²) in [6.07, 6.45) is 6.39. The van der Waals surface area contributed by atoms with Crippen LogP contribution in [0.4, 0.5) is 0 Å². The van der Waals surface area contributed by atoms with Gasteiger partial charge >= 0.3 is 0 Å². The molecule has 0 aromatic heterocycles. The molecule has 1 aromatic carbocycles. The van der Waals surface area contributed by atoms with E-state index in [0.29, 0.717) is 11.8 Å². The molecule has 1 atom stereocenters. The molecule has 0 bridgehead atoms. The van der Waals surface area contributed by atoms with Crippen LogP contribution in [0, 0.1) is 0 Å². The van der Waals surface area contributed by atoms with Crippen molar-refractivity contribution in [3.63, 3.8) is 0 Å². The first-order chi connectivity index (χ1) is 11.8. The summed E-state index contributed by atoms with van der Waals surface area (Å²) in [5, 5.41) is 0. The first-order valence-electron chi connectivity index (χ1n) is 9.18. The van der Waals surface area contributed by atoms with Crippen molar-refractivity contribution in [2.45, 2.75) is 48.6 Å². The predicted molar refractivity (Wildman–Crippen MR) is 102 cm³/mol. The number of rotatable bonds is 0. The van der Waals surface area contributed by atoms with Gasteiger partial charge in [0, 0.05) is 30.7 Å². The molecule has 3 heterocycles. The summed E-state index contributed by atoms with van der Waals surface area (Å²) in [7, 11) is 0. The summed E-state index contributed by atoms with van der Waals surface area (Å²) in [6.45, 7) is 1.08. The highest BCUT2D eigenvalue weighted by molar-refractivity contribution is 8.19. The number of hydrogen-bond acceptors (Lipinski definition) is 4. The van der Waals surface area contributed by atoms with E-state index in [1.165, 1.54) is 40.3 Å². The van der Waals surface area contributed by atoms with Crippen LogP contribution in [0.1, 0.15) is 49.3 Å². The zero-order valence-electron chi connectivity index (χ0n) is 13.9. The number of Topliss-reactive ketones (excluding diaryl/α,β-unsaturated/α-hetero) is 1. The van der Waals surface area contributed by atoms with E-state index in [4.69, 9.17) is 0 Å². The van der Waals surface area contributed by atoms with Gasteiger partial charge in [-0.15, -0.1) is 23.5 Å². The van der Waals surface area contributed by atoms with Gasteiger partial charge in [-0.1, -0.05) is 24.3 Å². The Labute approximate surface area is 152 Å². The number of thioether (sulfide) groups is 2. The summed E-state index contributed by atoms with van der Waals surface area (Å²) >= 11 is 4.13. The molecule has 4 aliphatic rings. The van der Waals surface area contributed by atoms with Crippen molar-refractivity contribution < 1.29 is 4.79 Å². The zero-order chi connectivity index (χ0) is 16.1. The lowest BCUT2D eigenvalue weighted by atomic mass is 9.79. The van der Waals surface area contributed by atoms with Gasteiger partial charge < -0.3 is 4.90 Å². The van der Waals surface area contributed by atoms with Crippen molar-refractivity contribution in [1.82, 2.24) is 4.90 Å². The Bertz CT molecular complexity index is 720. The van der Waals surface area contributed by atoms with E-state index >= 15 is 0 Å². The molecule has 1 aromatic rings. The second-order valence-electron chi connectivity index (χ2n) is 7.26. The molecule has 24 heavy (non-hydrogen) atoms. The fourth-order valence-electron chi connectivity index (χ4n) is 4.94. The fourth-order valence-corrected chi connectivity index (χ4v) is 8.49. The Morgan fingerprint density at radius 2 is 1.88 bits per heavy atom. The molecule has 0 radical (unpaired) electrons. The van der Waals surface area contributed by atoms with Gasteiger partial charge in [-0.05, 0) is 48.3 Å². The van der Waals surface area contributed by atoms with E-state index in [1.807, 2.05) is 0 Å². The second-order valence-corrected chi connectivity index (χ2v) is 10.3. The standard InChI is InChI=1S/C20H23NOS2/c22-18-8-3-7-16-19(18)20(23-11-4-12-24-20)13-17-15-6-2-1-5-14(15)9-10-21(16)17/h1-2,5-6,17H,3-4,7-13H2/t17-/m1/s1. The smallest absolute Gasteiger partial charge is 0.162 e. The van der Waals surface area contributed by atoms with Crippen LogP contribution in [0.25, 0.3) is 0 Å². The number of hydrogen-bond donors (Lipinski definition) is 0. The number of fused-ring (bicyclic) bond motifs is 5. The zero-order valence-corrected chi connectivity index (χ0v) is 15.6. The Morgan fingerprint density at radius 1 is 1.04 bits per heavy atom. The quantitative estimate of drug-likeness (QED) is 0.678. The second kappa shape index (κ2) is 5.84. The molecule has 2 nitrogen and oxygen atoms in total. The number of ketones is 1. The molecule has 0 amide bonds. The van der Waals surface area contributed by atoms with E-state index in [-0.39, 0.29) is 4.08 Å². The van der Waals surface area contributed by atoms with Crippen LogP contribution in [0.15, 0.2) is 35.5 Å². The van der Waals surface area contributed by atoms with Crippen LogP contribution < -0.4 is 0 Å². The van der Waals surface area contributed by atoms with Crippen LogP contribution in [0.2, 0.25) is 0 Å². The molecule has 1 saturated heterocycles. The maximum absolute atomic E-state index is 12.9. The average molecular weight is 358 g/mol. The Kier molecular flexibility index (Phi) is 3.75. The van der Waals surface area contributed by atoms with Crippen LogP contribution in [0.3, 0.4) is 0 Å². The van der Waals surface area contributed by atoms with Crippen molar-refractivity contribution in [1.29, 1.82) is 0 Å². The first-order valence-corrected chi connectivity index (χ1v) is 11.1. The molecule has 4 heteroatoms. The minimum absolute atomic E-state index is 0.0245. The summed E-state index contributed by atoms with van der Waals surface area (Å²) in [5.41, 5.74) is 5.64. The molecule has 5 rings (SSSR count). The highest BCUT2D eigenvalue weighted by Crippen LogP contribution is 2.59. The van der Waals surface area contributed by atoms with E-state index in [2.05, 4.69) is 52.7 Å². The molecule has 126 valence electrons. The van der Waals surface area contributed by atoms with Crippen LogP contribution in [0.5, 0.6) is 0 Å². The lowest BCUT2D eigenvalue weighted by Crippen LogP contribution is -2.49. The van der Waals surface area contributed by atoms with Crippen LogP contribution in [-0.4, -0.2) is 32.8 Å². The van der Waals surface area contributed by atoms with Gasteiger partial charge in [0.1, 0.15) is 0 Å². The van der Waals surface area contributed by atoms with Gasteiger partial charge in [-0.3, -0.25) is 4.79 Å². The molecule has 0 saturated carbocycles. The molecule has 0 N–H and O–H groups in total. The van der Waals surface area contributed by atoms with E-state index < -0.39 is 0 Å². The molecule has 1 fully saturated rings. The van der Waals surface area contributed by atoms with Gasteiger partial charge in [-0.25, -0.2) is 0 Å². The Morgan fingerprint density at radius 3 is 2.75 bits per heavy atom. The summed E-state index contributed by atoms with van der Waals surface area (Å²) < 4.78 is 0.0245. The minimum Gasteiger partial charge on any atom is -0.367 e. The number of nitrogens with zero attached hydrogens (tertiary/aromatic N) is 1. The highest BCUT2D eigenvalue weighted by atomic mass is 32.2. The van der Waals surface area contributed by atoms with Crippen molar-refractivity contribution in [3.05, 3.63) is 46.7 Å². The predicted octanol–water partition coefficient (Wildman–Crippen LogP) is 4.56. The normalized spacial score (nSPS) is 28.4. The summed E-state index contributed by atoms with van der Waals surface area (Å²) in [6, 6.07) is 9.46. The Balaban J connectivity index is 1.67. The van der Waals surface area contributed by atoms with E-state index in [0.717, 1.165) is 38.6 Å². The third-order valence-electron chi connectivity index (χ3n) is 5.95. The summed E-state index contributed by atoms with van der Waals surface area (Å²) in [5.74, 6) is 2.84. The molecule has 3 aliphatic heterocycles. The molecule has 0 unspecified atom stereocenters.